The molecule has 3 N–H and O–H groups in total. The van der Waals surface area contributed by atoms with Gasteiger partial charge in [-0.25, -0.2) is 15.6 Å². The zero-order chi connectivity index (χ0) is 7.28. The number of aliphatic imine (C=N–C) groups is 1. The number of hydrogen-bond acceptors (Lipinski definition) is 2. The molecular weight excluding hydrogens is 118 g/mol. The van der Waals surface area contributed by atoms with Gasteiger partial charge in [0.15, 0.2) is 0 Å². The van der Waals surface area contributed by atoms with Crippen molar-refractivity contribution in [3.8, 4) is 0 Å². The molecule has 0 saturated carbocycles. The van der Waals surface area contributed by atoms with E-state index in [-0.39, 0.29) is 5.92 Å². The molecule has 0 atom stereocenters. The van der Waals surface area contributed by atoms with Crippen molar-refractivity contribution in [2.75, 3.05) is 0 Å². The van der Waals surface area contributed by atoms with E-state index in [0.717, 1.165) is 0 Å². The van der Waals surface area contributed by atoms with Crippen LogP contribution in [0.4, 0.5) is 4.79 Å². The van der Waals surface area contributed by atoms with E-state index in [0.29, 0.717) is 0 Å². The minimum absolute atomic E-state index is 0.280. The van der Waals surface area contributed by atoms with Crippen molar-refractivity contribution in [2.45, 2.75) is 13.8 Å². The molecule has 0 rings (SSSR count). The molecule has 52 valence electrons. The van der Waals surface area contributed by atoms with Crippen molar-refractivity contribution in [1.29, 1.82) is 0 Å². The Kier molecular flexibility index (Phi) is 3.62. The SMILES string of the molecule is CC(C)C=NC(=O)NN. The maximum atomic E-state index is 10.3. The van der Waals surface area contributed by atoms with Gasteiger partial charge < -0.3 is 0 Å². The lowest BCUT2D eigenvalue weighted by Gasteiger charge is -1.91. The summed E-state index contributed by atoms with van der Waals surface area (Å²) in [6.45, 7) is 3.85. The number of nitrogens with two attached hydrogens (primary N) is 1. The molecule has 0 aromatic heterocycles. The molecule has 0 unspecified atom stereocenters. The number of hydrogen-bond donors (Lipinski definition) is 2. The van der Waals surface area contributed by atoms with Gasteiger partial charge in [0.1, 0.15) is 0 Å². The highest BCUT2D eigenvalue weighted by Gasteiger charge is 1.89. The van der Waals surface area contributed by atoms with E-state index in [1.807, 2.05) is 19.3 Å². The highest BCUT2D eigenvalue weighted by Crippen LogP contribution is 1.84. The molecular formula is C5H11N3O. The summed E-state index contributed by atoms with van der Waals surface area (Å²) >= 11 is 0. The van der Waals surface area contributed by atoms with Gasteiger partial charge in [-0.2, -0.15) is 0 Å². The summed E-state index contributed by atoms with van der Waals surface area (Å²) < 4.78 is 0. The molecule has 0 heterocycles. The Morgan fingerprint density at radius 2 is 2.33 bits per heavy atom. The first kappa shape index (κ1) is 8.10. The zero-order valence-corrected chi connectivity index (χ0v) is 5.59. The Morgan fingerprint density at radius 3 is 2.67 bits per heavy atom. The van der Waals surface area contributed by atoms with E-state index < -0.39 is 6.03 Å². The fourth-order valence-electron chi connectivity index (χ4n) is 0.254. The number of amides is 2. The average molecular weight is 129 g/mol. The van der Waals surface area contributed by atoms with Crippen LogP contribution in [-0.4, -0.2) is 12.2 Å². The predicted octanol–water partition coefficient (Wildman–Crippen LogP) is 0.297. The largest absolute Gasteiger partial charge is 0.354 e. The number of nitrogens with one attached hydrogen (secondary N) is 1. The summed E-state index contributed by atoms with van der Waals surface area (Å²) in [4.78, 5) is 13.7. The van der Waals surface area contributed by atoms with Crippen LogP contribution in [0.5, 0.6) is 0 Å². The standard InChI is InChI=1S/C5H11N3O/c1-4(2)3-7-5(9)8-6/h3-4H,6H2,1-2H3,(H,8,9). The monoisotopic (exact) mass is 129 g/mol. The molecule has 0 aliphatic rings. The van der Waals surface area contributed by atoms with Crippen LogP contribution in [0.25, 0.3) is 0 Å². The van der Waals surface area contributed by atoms with Crippen molar-refractivity contribution in [3.05, 3.63) is 0 Å². The molecule has 0 aromatic rings. The Hall–Kier alpha value is -0.900. The van der Waals surface area contributed by atoms with Gasteiger partial charge in [0.05, 0.1) is 0 Å². The minimum atomic E-state index is -0.510. The summed E-state index contributed by atoms with van der Waals surface area (Å²) in [6, 6.07) is -0.510. The smallest absolute Gasteiger partial charge is 0.274 e. The van der Waals surface area contributed by atoms with Crippen LogP contribution in [-0.2, 0) is 0 Å². The average Bonchev–Trinajstić information content (AvgIpc) is 1.83. The van der Waals surface area contributed by atoms with Gasteiger partial charge in [0.2, 0.25) is 0 Å². The maximum Gasteiger partial charge on any atom is 0.354 e. The molecule has 4 nitrogen and oxygen atoms in total. The van der Waals surface area contributed by atoms with Crippen molar-refractivity contribution in [2.24, 2.45) is 16.8 Å². The fourth-order valence-corrected chi connectivity index (χ4v) is 0.254. The molecule has 0 saturated heterocycles. The lowest BCUT2D eigenvalue weighted by atomic mass is 10.3. The predicted molar refractivity (Wildman–Crippen MR) is 36.0 cm³/mol. The molecule has 4 heteroatoms. The van der Waals surface area contributed by atoms with Crippen LogP contribution >= 0.6 is 0 Å². The second-order valence-electron chi connectivity index (χ2n) is 1.97. The van der Waals surface area contributed by atoms with Gasteiger partial charge in [-0.05, 0) is 5.92 Å². The lowest BCUT2D eigenvalue weighted by Crippen LogP contribution is -2.27. The molecule has 0 fully saturated rings. The van der Waals surface area contributed by atoms with Crippen molar-refractivity contribution >= 4 is 12.2 Å². The van der Waals surface area contributed by atoms with Crippen LogP contribution in [0.3, 0.4) is 0 Å². The third kappa shape index (κ3) is 4.96. The van der Waals surface area contributed by atoms with Gasteiger partial charge in [-0.15, -0.1) is 0 Å². The fraction of sp³-hybridized carbons (Fsp3) is 0.600. The maximum absolute atomic E-state index is 10.3. The van der Waals surface area contributed by atoms with Crippen molar-refractivity contribution in [1.82, 2.24) is 5.43 Å². The number of urea groups is 1. The minimum Gasteiger partial charge on any atom is -0.274 e. The van der Waals surface area contributed by atoms with Crippen molar-refractivity contribution < 1.29 is 4.79 Å². The second kappa shape index (κ2) is 4.03. The number of rotatable bonds is 1. The summed E-state index contributed by atoms with van der Waals surface area (Å²) in [5.74, 6) is 5.02. The van der Waals surface area contributed by atoms with E-state index in [9.17, 15) is 4.79 Å². The zero-order valence-electron chi connectivity index (χ0n) is 5.59. The molecule has 0 spiro atoms. The van der Waals surface area contributed by atoms with E-state index >= 15 is 0 Å². The highest BCUT2D eigenvalue weighted by molar-refractivity contribution is 5.83. The molecule has 9 heavy (non-hydrogen) atoms. The van der Waals surface area contributed by atoms with Gasteiger partial charge >= 0.3 is 6.03 Å². The third-order valence-corrected chi connectivity index (χ3v) is 0.613. The lowest BCUT2D eigenvalue weighted by molar-refractivity contribution is 0.249. The first-order valence-corrected chi connectivity index (χ1v) is 2.71. The molecule has 0 radical (unpaired) electrons. The quantitative estimate of drug-likeness (QED) is 0.231. The Labute approximate surface area is 54.1 Å². The normalized spacial score (nSPS) is 10.7. The van der Waals surface area contributed by atoms with E-state index in [2.05, 4.69) is 4.99 Å². The van der Waals surface area contributed by atoms with Gasteiger partial charge in [-0.3, -0.25) is 5.43 Å². The van der Waals surface area contributed by atoms with Crippen LogP contribution < -0.4 is 11.3 Å². The Balaban J connectivity index is 3.57. The number of hydrazine groups is 1. The number of carbonyl (C=O) groups is 1. The second-order valence-corrected chi connectivity index (χ2v) is 1.97. The van der Waals surface area contributed by atoms with Gasteiger partial charge in [0, 0.05) is 6.21 Å². The molecule has 0 aliphatic carbocycles. The van der Waals surface area contributed by atoms with E-state index in [1.54, 1.807) is 0 Å². The molecule has 0 aromatic carbocycles. The van der Waals surface area contributed by atoms with Crippen LogP contribution in [0.2, 0.25) is 0 Å². The van der Waals surface area contributed by atoms with E-state index in [4.69, 9.17) is 5.84 Å². The molecule has 2 amide bonds. The summed E-state index contributed by atoms with van der Waals surface area (Å²) in [5.41, 5.74) is 1.88. The third-order valence-electron chi connectivity index (χ3n) is 0.613. The van der Waals surface area contributed by atoms with Crippen LogP contribution in [0, 0.1) is 5.92 Å². The first-order chi connectivity index (χ1) is 4.16. The number of carbonyl (C=O) groups excluding carboxylic acids is 1. The van der Waals surface area contributed by atoms with E-state index in [1.165, 1.54) is 6.21 Å². The first-order valence-electron chi connectivity index (χ1n) is 2.71. The topological polar surface area (TPSA) is 67.5 Å². The van der Waals surface area contributed by atoms with Gasteiger partial charge in [0.25, 0.3) is 0 Å². The summed E-state index contributed by atoms with van der Waals surface area (Å²) in [6.07, 6.45) is 1.53. The van der Waals surface area contributed by atoms with Crippen LogP contribution in [0.1, 0.15) is 13.8 Å². The highest BCUT2D eigenvalue weighted by atomic mass is 16.2. The van der Waals surface area contributed by atoms with Gasteiger partial charge in [-0.1, -0.05) is 13.8 Å². The Bertz CT molecular complexity index is 119. The molecule has 0 bridgehead atoms. The Morgan fingerprint density at radius 1 is 1.78 bits per heavy atom. The molecule has 0 aliphatic heterocycles. The number of nitrogens with zero attached hydrogens (tertiary/aromatic N) is 1. The summed E-state index contributed by atoms with van der Waals surface area (Å²) in [7, 11) is 0. The van der Waals surface area contributed by atoms with Crippen molar-refractivity contribution in [3.63, 3.8) is 0 Å². The van der Waals surface area contributed by atoms with Crippen LogP contribution in [0.15, 0.2) is 4.99 Å². The summed E-state index contributed by atoms with van der Waals surface area (Å²) in [5, 5.41) is 0.